The summed E-state index contributed by atoms with van der Waals surface area (Å²) in [5.74, 6) is -0.0521. The number of hydrogen-bond acceptors (Lipinski definition) is 6. The van der Waals surface area contributed by atoms with E-state index in [0.29, 0.717) is 44.1 Å². The summed E-state index contributed by atoms with van der Waals surface area (Å²) in [7, 11) is 0. The zero-order chi connectivity index (χ0) is 19.3. The highest BCUT2D eigenvalue weighted by Crippen LogP contribution is 2.23. The Kier molecular flexibility index (Phi) is 6.36. The zero-order valence-electron chi connectivity index (χ0n) is 14.9. The number of aryl methyl sites for hydroxylation is 1. The van der Waals surface area contributed by atoms with Crippen molar-refractivity contribution in [3.63, 3.8) is 0 Å². The monoisotopic (exact) mass is 361 g/mol. The molecule has 0 aliphatic carbocycles. The van der Waals surface area contributed by atoms with Gasteiger partial charge in [0.25, 0.3) is 5.91 Å². The summed E-state index contributed by atoms with van der Waals surface area (Å²) < 4.78 is 0. The normalized spacial score (nSPS) is 15.3. The minimum atomic E-state index is -0.975. The molecule has 0 spiro atoms. The minimum Gasteiger partial charge on any atom is -0.465 e. The van der Waals surface area contributed by atoms with E-state index in [1.807, 2.05) is 17.9 Å². The van der Waals surface area contributed by atoms with Crippen molar-refractivity contribution in [2.45, 2.75) is 26.4 Å². The molecule has 1 aliphatic rings. The standard InChI is InChI=1S/C17H23N5O4/c1-3-12(23)10-19-16(24)13-8-11(2)20-15(14(13)9-18)21-4-6-22(7-5-21)17(25)26/h8,12,23H,3-7,10H2,1-2H3,(H,19,24)(H,25,26). The molecule has 2 heterocycles. The molecule has 1 aliphatic heterocycles. The summed E-state index contributed by atoms with van der Waals surface area (Å²) in [4.78, 5) is 31.0. The molecule has 9 heteroatoms. The summed E-state index contributed by atoms with van der Waals surface area (Å²) in [6.07, 6.45) is -1.10. The van der Waals surface area contributed by atoms with Crippen molar-refractivity contribution in [3.05, 3.63) is 22.9 Å². The Bertz CT molecular complexity index is 723. The van der Waals surface area contributed by atoms with Crippen molar-refractivity contribution >= 4 is 17.8 Å². The van der Waals surface area contributed by atoms with E-state index >= 15 is 0 Å². The fourth-order valence-corrected chi connectivity index (χ4v) is 2.73. The number of amides is 2. The van der Waals surface area contributed by atoms with Gasteiger partial charge in [-0.1, -0.05) is 6.92 Å². The number of carbonyl (C=O) groups excluding carboxylic acids is 1. The second kappa shape index (κ2) is 8.49. The van der Waals surface area contributed by atoms with Gasteiger partial charge in [0.15, 0.2) is 0 Å². The highest BCUT2D eigenvalue weighted by atomic mass is 16.4. The van der Waals surface area contributed by atoms with E-state index in [9.17, 15) is 20.0 Å². The topological polar surface area (TPSA) is 130 Å². The number of anilines is 1. The summed E-state index contributed by atoms with van der Waals surface area (Å²) in [5.41, 5.74) is 0.947. The van der Waals surface area contributed by atoms with Gasteiger partial charge in [-0.25, -0.2) is 9.78 Å². The SMILES string of the molecule is CCC(O)CNC(=O)c1cc(C)nc(N2CCN(C(=O)O)CC2)c1C#N. The lowest BCUT2D eigenvalue weighted by atomic mass is 10.1. The van der Waals surface area contributed by atoms with Crippen LogP contribution in [0, 0.1) is 18.3 Å². The molecule has 0 saturated carbocycles. The van der Waals surface area contributed by atoms with Crippen LogP contribution in [-0.2, 0) is 0 Å². The molecule has 9 nitrogen and oxygen atoms in total. The Morgan fingerprint density at radius 2 is 2.04 bits per heavy atom. The third-order valence-corrected chi connectivity index (χ3v) is 4.30. The molecule has 1 aromatic rings. The fourth-order valence-electron chi connectivity index (χ4n) is 2.73. The molecule has 0 bridgehead atoms. The zero-order valence-corrected chi connectivity index (χ0v) is 14.9. The second-order valence-electron chi connectivity index (χ2n) is 6.15. The predicted octanol–water partition coefficient (Wildman–Crippen LogP) is 0.562. The molecule has 140 valence electrons. The average molecular weight is 361 g/mol. The summed E-state index contributed by atoms with van der Waals surface area (Å²) in [6, 6.07) is 3.59. The highest BCUT2D eigenvalue weighted by molar-refractivity contribution is 5.98. The van der Waals surface area contributed by atoms with Gasteiger partial charge < -0.3 is 25.3 Å². The number of aromatic nitrogens is 1. The molecule has 3 N–H and O–H groups in total. The Morgan fingerprint density at radius 1 is 1.38 bits per heavy atom. The average Bonchev–Trinajstić information content (AvgIpc) is 2.65. The van der Waals surface area contributed by atoms with E-state index < -0.39 is 18.1 Å². The third-order valence-electron chi connectivity index (χ3n) is 4.30. The van der Waals surface area contributed by atoms with E-state index in [2.05, 4.69) is 10.3 Å². The van der Waals surface area contributed by atoms with Crippen molar-refractivity contribution in [3.8, 4) is 6.07 Å². The van der Waals surface area contributed by atoms with Crippen molar-refractivity contribution in [1.29, 1.82) is 5.26 Å². The summed E-state index contributed by atoms with van der Waals surface area (Å²) >= 11 is 0. The molecular formula is C17H23N5O4. The van der Waals surface area contributed by atoms with Gasteiger partial charge in [0, 0.05) is 38.4 Å². The first-order valence-electron chi connectivity index (χ1n) is 8.48. The lowest BCUT2D eigenvalue weighted by Crippen LogP contribution is -2.49. The van der Waals surface area contributed by atoms with Gasteiger partial charge in [0.2, 0.25) is 0 Å². The molecule has 0 aromatic carbocycles. The van der Waals surface area contributed by atoms with Crippen LogP contribution >= 0.6 is 0 Å². The summed E-state index contributed by atoms with van der Waals surface area (Å²) in [6.45, 7) is 5.05. The number of piperazine rings is 1. The number of pyridine rings is 1. The Labute approximate surface area is 151 Å². The number of nitrogens with one attached hydrogen (secondary N) is 1. The van der Waals surface area contributed by atoms with Crippen LogP contribution in [0.4, 0.5) is 10.6 Å². The minimum absolute atomic E-state index is 0.105. The van der Waals surface area contributed by atoms with E-state index in [0.717, 1.165) is 0 Å². The van der Waals surface area contributed by atoms with Crippen molar-refractivity contribution < 1.29 is 19.8 Å². The van der Waals surface area contributed by atoms with Crippen molar-refractivity contribution in [2.24, 2.45) is 0 Å². The summed E-state index contributed by atoms with van der Waals surface area (Å²) in [5, 5.41) is 30.9. The van der Waals surface area contributed by atoms with Crippen LogP contribution < -0.4 is 10.2 Å². The molecule has 2 amide bonds. The van der Waals surface area contributed by atoms with Gasteiger partial charge in [0.1, 0.15) is 17.5 Å². The maximum absolute atomic E-state index is 12.5. The predicted molar refractivity (Wildman–Crippen MR) is 94.1 cm³/mol. The smallest absolute Gasteiger partial charge is 0.407 e. The number of carboxylic acid groups (broad SMARTS) is 1. The largest absolute Gasteiger partial charge is 0.465 e. The molecule has 1 aromatic heterocycles. The molecule has 2 rings (SSSR count). The van der Waals surface area contributed by atoms with Gasteiger partial charge in [-0.3, -0.25) is 4.79 Å². The van der Waals surface area contributed by atoms with Gasteiger partial charge in [0.05, 0.1) is 11.7 Å². The lowest BCUT2D eigenvalue weighted by Gasteiger charge is -2.34. The molecule has 1 saturated heterocycles. The number of aliphatic hydroxyl groups excluding tert-OH is 1. The third kappa shape index (κ3) is 4.40. The van der Waals surface area contributed by atoms with Crippen LogP contribution in [0.15, 0.2) is 6.07 Å². The quantitative estimate of drug-likeness (QED) is 0.698. The number of hydrogen-bond donors (Lipinski definition) is 3. The number of carbonyl (C=O) groups is 2. The van der Waals surface area contributed by atoms with E-state index in [1.54, 1.807) is 13.0 Å². The van der Waals surface area contributed by atoms with E-state index in [-0.39, 0.29) is 17.7 Å². The van der Waals surface area contributed by atoms with Gasteiger partial charge >= 0.3 is 6.09 Å². The Morgan fingerprint density at radius 3 is 2.58 bits per heavy atom. The van der Waals surface area contributed by atoms with Gasteiger partial charge in [-0.2, -0.15) is 5.26 Å². The van der Waals surface area contributed by atoms with Crippen molar-refractivity contribution in [2.75, 3.05) is 37.6 Å². The number of rotatable bonds is 5. The maximum Gasteiger partial charge on any atom is 0.407 e. The number of aliphatic hydroxyl groups is 1. The van der Waals surface area contributed by atoms with Crippen LogP contribution in [0.1, 0.15) is 35.0 Å². The molecule has 1 unspecified atom stereocenters. The molecular weight excluding hydrogens is 338 g/mol. The van der Waals surface area contributed by atoms with Crippen LogP contribution in [0.2, 0.25) is 0 Å². The first-order valence-corrected chi connectivity index (χ1v) is 8.48. The van der Waals surface area contributed by atoms with Crippen LogP contribution in [0.5, 0.6) is 0 Å². The van der Waals surface area contributed by atoms with Gasteiger partial charge in [-0.15, -0.1) is 0 Å². The molecule has 1 atom stereocenters. The maximum atomic E-state index is 12.5. The Balaban J connectivity index is 2.26. The second-order valence-corrected chi connectivity index (χ2v) is 6.15. The van der Waals surface area contributed by atoms with Crippen molar-refractivity contribution in [1.82, 2.24) is 15.2 Å². The number of nitriles is 1. The number of nitrogens with zero attached hydrogens (tertiary/aromatic N) is 4. The molecule has 1 fully saturated rings. The Hall–Kier alpha value is -2.86. The first-order chi connectivity index (χ1) is 12.4. The fraction of sp³-hybridized carbons (Fsp3) is 0.529. The first kappa shape index (κ1) is 19.5. The van der Waals surface area contributed by atoms with E-state index in [1.165, 1.54) is 4.90 Å². The van der Waals surface area contributed by atoms with Gasteiger partial charge in [-0.05, 0) is 19.4 Å². The molecule has 0 radical (unpaired) electrons. The van der Waals surface area contributed by atoms with Crippen LogP contribution in [0.25, 0.3) is 0 Å². The van der Waals surface area contributed by atoms with Crippen LogP contribution in [0.3, 0.4) is 0 Å². The highest BCUT2D eigenvalue weighted by Gasteiger charge is 2.26. The lowest BCUT2D eigenvalue weighted by molar-refractivity contribution is 0.0913. The van der Waals surface area contributed by atoms with E-state index in [4.69, 9.17) is 5.11 Å². The molecule has 26 heavy (non-hydrogen) atoms. The van der Waals surface area contributed by atoms with Crippen LogP contribution in [-0.4, -0.2) is 70.9 Å².